The Morgan fingerprint density at radius 1 is 0.170 bits per heavy atom. The summed E-state index contributed by atoms with van der Waals surface area (Å²) in [5.41, 5.74) is 19.9. The van der Waals surface area contributed by atoms with Crippen LogP contribution in [0.5, 0.6) is 0 Å². The Hall–Kier alpha value is -4.68. The van der Waals surface area contributed by atoms with Crippen LogP contribution in [0.3, 0.4) is 0 Å². The molecule has 0 spiro atoms. The SMILES string of the molecule is Cc1cc(C)cc(-c2cc(C)cc(C)c2)c1.Cc1cc(C)cc(C)c1.Cc1ccc(-c2ccc(C)cc2)cc1.Cc1ccc(C)cc1. The van der Waals surface area contributed by atoms with Crippen molar-refractivity contribution in [1.29, 1.82) is 0 Å². The summed E-state index contributed by atoms with van der Waals surface area (Å²) in [6, 6.07) is 45.7. The highest BCUT2D eigenvalue weighted by Gasteiger charge is 2.01. The number of hydrogen-bond donors (Lipinski definition) is 0. The molecular weight excluding hydrogens is 565 g/mol. The van der Waals surface area contributed by atoms with E-state index in [2.05, 4.69) is 204 Å². The van der Waals surface area contributed by atoms with Crippen LogP contribution >= 0.6 is 0 Å². The first-order valence-corrected chi connectivity index (χ1v) is 16.7. The van der Waals surface area contributed by atoms with Crippen molar-refractivity contribution >= 4 is 0 Å². The fourth-order valence-corrected chi connectivity index (χ4v) is 5.61. The van der Waals surface area contributed by atoms with Crippen molar-refractivity contribution < 1.29 is 0 Å². The average molecular weight is 619 g/mol. The maximum atomic E-state index is 2.25. The van der Waals surface area contributed by atoms with Crippen LogP contribution in [0.25, 0.3) is 22.3 Å². The van der Waals surface area contributed by atoms with Gasteiger partial charge < -0.3 is 0 Å². The summed E-state index contributed by atoms with van der Waals surface area (Å²) in [7, 11) is 0. The molecule has 0 saturated heterocycles. The molecular formula is C47H54. The van der Waals surface area contributed by atoms with Crippen LogP contribution in [-0.4, -0.2) is 0 Å². The van der Waals surface area contributed by atoms with E-state index in [1.54, 1.807) is 0 Å². The molecule has 0 fully saturated rings. The minimum atomic E-state index is 1.29. The first-order valence-electron chi connectivity index (χ1n) is 16.7. The monoisotopic (exact) mass is 618 g/mol. The highest BCUT2D eigenvalue weighted by molar-refractivity contribution is 5.67. The van der Waals surface area contributed by atoms with Gasteiger partial charge in [-0.2, -0.15) is 0 Å². The largest absolute Gasteiger partial charge is 0.0591 e. The van der Waals surface area contributed by atoms with Crippen LogP contribution in [0.4, 0.5) is 0 Å². The number of hydrogen-bond acceptors (Lipinski definition) is 0. The van der Waals surface area contributed by atoms with Crippen LogP contribution in [0, 0.1) is 76.2 Å². The van der Waals surface area contributed by atoms with Gasteiger partial charge in [-0.3, -0.25) is 0 Å². The van der Waals surface area contributed by atoms with Crippen molar-refractivity contribution in [2.75, 3.05) is 0 Å². The molecule has 0 N–H and O–H groups in total. The van der Waals surface area contributed by atoms with E-state index in [0.29, 0.717) is 0 Å². The molecule has 0 radical (unpaired) electrons. The molecule has 0 heteroatoms. The predicted octanol–water partition coefficient (Wildman–Crippen LogP) is 13.5. The van der Waals surface area contributed by atoms with E-state index in [9.17, 15) is 0 Å². The Bertz CT molecular complexity index is 1630. The summed E-state index contributed by atoms with van der Waals surface area (Å²) >= 11 is 0. The Morgan fingerprint density at radius 2 is 0.340 bits per heavy atom. The third kappa shape index (κ3) is 13.3. The van der Waals surface area contributed by atoms with Crippen LogP contribution in [0.1, 0.15) is 61.2 Å². The molecule has 0 saturated carbocycles. The van der Waals surface area contributed by atoms with Gasteiger partial charge in [0.1, 0.15) is 0 Å². The van der Waals surface area contributed by atoms with Crippen LogP contribution in [0.2, 0.25) is 0 Å². The van der Waals surface area contributed by atoms with E-state index in [1.807, 2.05) is 0 Å². The van der Waals surface area contributed by atoms with Crippen molar-refractivity contribution in [1.82, 2.24) is 0 Å². The lowest BCUT2D eigenvalue weighted by atomic mass is 9.98. The average Bonchev–Trinajstić information content (AvgIpc) is 2.99. The van der Waals surface area contributed by atoms with E-state index in [1.165, 1.54) is 83.5 Å². The fraction of sp³-hybridized carbons (Fsp3) is 0.234. The second-order valence-corrected chi connectivity index (χ2v) is 13.3. The van der Waals surface area contributed by atoms with Gasteiger partial charge in [-0.25, -0.2) is 0 Å². The summed E-state index contributed by atoms with van der Waals surface area (Å²) in [5.74, 6) is 0. The van der Waals surface area contributed by atoms with E-state index in [4.69, 9.17) is 0 Å². The van der Waals surface area contributed by atoms with E-state index in [-0.39, 0.29) is 0 Å². The third-order valence-electron chi connectivity index (χ3n) is 7.80. The zero-order valence-corrected chi connectivity index (χ0v) is 30.6. The van der Waals surface area contributed by atoms with Crippen molar-refractivity contribution in [2.45, 2.75) is 76.2 Å². The quantitative estimate of drug-likeness (QED) is 0.181. The molecule has 6 aromatic rings. The van der Waals surface area contributed by atoms with Crippen LogP contribution < -0.4 is 0 Å². The number of benzene rings is 6. The van der Waals surface area contributed by atoms with Crippen LogP contribution in [-0.2, 0) is 0 Å². The van der Waals surface area contributed by atoms with Gasteiger partial charge in [0.2, 0.25) is 0 Å². The normalized spacial score (nSPS) is 10.0. The molecule has 0 nitrogen and oxygen atoms in total. The minimum Gasteiger partial charge on any atom is -0.0591 e. The molecule has 47 heavy (non-hydrogen) atoms. The summed E-state index contributed by atoms with van der Waals surface area (Å²) in [6.07, 6.45) is 0. The molecule has 0 unspecified atom stereocenters. The molecule has 0 aliphatic heterocycles. The van der Waals surface area contributed by atoms with Crippen LogP contribution in [0.15, 0.2) is 127 Å². The zero-order chi connectivity index (χ0) is 34.5. The van der Waals surface area contributed by atoms with Gasteiger partial charge in [-0.15, -0.1) is 0 Å². The van der Waals surface area contributed by atoms with E-state index in [0.717, 1.165) is 0 Å². The highest BCUT2D eigenvalue weighted by Crippen LogP contribution is 2.24. The maximum absolute atomic E-state index is 2.25. The fourth-order valence-electron chi connectivity index (χ4n) is 5.61. The van der Waals surface area contributed by atoms with Crippen molar-refractivity contribution in [3.05, 3.63) is 189 Å². The lowest BCUT2D eigenvalue weighted by Gasteiger charge is -2.07. The second kappa shape index (κ2) is 17.9. The first kappa shape index (κ1) is 36.8. The van der Waals surface area contributed by atoms with E-state index >= 15 is 0 Å². The summed E-state index contributed by atoms with van der Waals surface area (Å²) in [4.78, 5) is 0. The smallest absolute Gasteiger partial charge is 0.0179 e. The highest BCUT2D eigenvalue weighted by atomic mass is 14.1. The zero-order valence-electron chi connectivity index (χ0n) is 30.6. The van der Waals surface area contributed by atoms with Crippen molar-refractivity contribution in [3.8, 4) is 22.3 Å². The molecule has 0 aliphatic carbocycles. The van der Waals surface area contributed by atoms with Gasteiger partial charge in [0, 0.05) is 0 Å². The molecule has 242 valence electrons. The van der Waals surface area contributed by atoms with Gasteiger partial charge in [0.05, 0.1) is 0 Å². The maximum Gasteiger partial charge on any atom is -0.0179 e. The van der Waals surface area contributed by atoms with Gasteiger partial charge in [-0.1, -0.05) is 189 Å². The molecule has 0 amide bonds. The number of rotatable bonds is 2. The Morgan fingerprint density at radius 3 is 0.553 bits per heavy atom. The Balaban J connectivity index is 0.000000177. The minimum absolute atomic E-state index is 1.29. The Kier molecular flexibility index (Phi) is 14.0. The van der Waals surface area contributed by atoms with Gasteiger partial charge in [0.15, 0.2) is 0 Å². The molecule has 0 aliphatic rings. The third-order valence-corrected chi connectivity index (χ3v) is 7.80. The molecule has 0 aromatic heterocycles. The topological polar surface area (TPSA) is 0 Å². The lowest BCUT2D eigenvalue weighted by Crippen LogP contribution is -1.85. The lowest BCUT2D eigenvalue weighted by molar-refractivity contribution is 1.32. The van der Waals surface area contributed by atoms with Gasteiger partial charge in [-0.05, 0) is 98.4 Å². The first-order chi connectivity index (χ1) is 22.3. The molecule has 6 rings (SSSR count). The van der Waals surface area contributed by atoms with Crippen molar-refractivity contribution in [2.24, 2.45) is 0 Å². The van der Waals surface area contributed by atoms with Gasteiger partial charge >= 0.3 is 0 Å². The predicted molar refractivity (Wildman–Crippen MR) is 209 cm³/mol. The molecule has 0 atom stereocenters. The molecule has 0 heterocycles. The Labute approximate surface area is 286 Å². The summed E-state index contributed by atoms with van der Waals surface area (Å²) in [5, 5.41) is 0. The molecule has 0 bridgehead atoms. The van der Waals surface area contributed by atoms with E-state index < -0.39 is 0 Å². The molecule has 6 aromatic carbocycles. The summed E-state index contributed by atoms with van der Waals surface area (Å²) in [6.45, 7) is 23.4. The number of aryl methyl sites for hydroxylation is 11. The van der Waals surface area contributed by atoms with Crippen molar-refractivity contribution in [3.63, 3.8) is 0 Å². The van der Waals surface area contributed by atoms with Gasteiger partial charge in [0.25, 0.3) is 0 Å². The standard InChI is InChI=1S/C16H18.C14H14.C9H12.C8H10/c1-11-5-12(2)8-15(7-11)16-9-13(3)6-14(4)10-16;1-11-3-7-13(8-4-11)14-9-5-12(2)6-10-14;1-7-4-8(2)6-9(3)5-7;1-7-3-5-8(2)6-4-7/h5-10H,1-4H3;3-10H,1-2H3;4-6H,1-3H3;3-6H,1-2H3. The summed E-state index contributed by atoms with van der Waals surface area (Å²) < 4.78 is 0. The second-order valence-electron chi connectivity index (χ2n) is 13.3.